The van der Waals surface area contributed by atoms with Crippen molar-refractivity contribution in [2.75, 3.05) is 0 Å². The summed E-state index contributed by atoms with van der Waals surface area (Å²) in [5.74, 6) is 14.7. The van der Waals surface area contributed by atoms with Crippen LogP contribution in [0.1, 0.15) is 69.2 Å². The van der Waals surface area contributed by atoms with E-state index in [1.165, 1.54) is 59.2 Å². The molecule has 0 aliphatic heterocycles. The molecule has 0 amide bonds. The molecule has 4 heteroatoms. The Hall–Kier alpha value is 1.32. The van der Waals surface area contributed by atoms with Gasteiger partial charge in [0.15, 0.2) is 0 Å². The van der Waals surface area contributed by atoms with Gasteiger partial charge in [-0.2, -0.15) is 0 Å². The molecule has 0 aromatic carbocycles. The predicted molar refractivity (Wildman–Crippen MR) is 108 cm³/mol. The normalized spacial score (nSPS) is 23.1. The van der Waals surface area contributed by atoms with E-state index in [-0.39, 0.29) is 26.2 Å². The van der Waals surface area contributed by atoms with E-state index in [1.54, 1.807) is 0 Å². The molecule has 1 nitrogen and oxygen atoms in total. The molecule has 2 aliphatic carbocycles. The number of rotatable bonds is 0. The van der Waals surface area contributed by atoms with Gasteiger partial charge in [0.25, 0.3) is 0 Å². The van der Waals surface area contributed by atoms with Gasteiger partial charge in [0.2, 0.25) is 0 Å². The van der Waals surface area contributed by atoms with Crippen LogP contribution in [0, 0.1) is 65.8 Å². The molecular formula is C21H30OS2Zr. The Morgan fingerprint density at radius 3 is 0.480 bits per heavy atom. The minimum atomic E-state index is 0. The molecule has 136 valence electrons. The van der Waals surface area contributed by atoms with E-state index in [0.29, 0.717) is 0 Å². The van der Waals surface area contributed by atoms with E-state index in [4.69, 9.17) is 4.65 Å². The van der Waals surface area contributed by atoms with Gasteiger partial charge in [0.1, 0.15) is 0 Å². The summed E-state index contributed by atoms with van der Waals surface area (Å²) < 4.78 is 7.50. The maximum Gasteiger partial charge on any atom is 0 e. The predicted octanol–water partition coefficient (Wildman–Crippen LogP) is 7.20. The van der Waals surface area contributed by atoms with Crippen molar-refractivity contribution >= 4 is 23.3 Å². The van der Waals surface area contributed by atoms with Crippen molar-refractivity contribution in [3.63, 3.8) is 0 Å². The molecule has 0 saturated heterocycles. The number of hydrogen-bond donors (Lipinski definition) is 0. The largest absolute Gasteiger partial charge is 0 e. The average Bonchev–Trinajstić information content (AvgIpc) is 2.89. The van der Waals surface area contributed by atoms with E-state index < -0.39 is 0 Å². The first-order valence-corrected chi connectivity index (χ1v) is 9.20. The van der Waals surface area contributed by atoms with Gasteiger partial charge in [-0.3, -0.25) is 0 Å². The van der Waals surface area contributed by atoms with Crippen LogP contribution >= 0.6 is 23.3 Å². The summed E-state index contributed by atoms with van der Waals surface area (Å²) in [6.45, 7) is 26.5. The van der Waals surface area contributed by atoms with Crippen molar-refractivity contribution in [3.8, 4) is 0 Å². The number of hydrogen-bond acceptors (Lipinski definition) is 0. The Bertz CT molecular complexity index is 230. The third kappa shape index (κ3) is 8.07. The topological polar surface area (TPSA) is 19.9 Å². The first-order valence-electron chi connectivity index (χ1n) is 7.87. The van der Waals surface area contributed by atoms with Gasteiger partial charge in [-0.25, -0.2) is 0 Å². The van der Waals surface area contributed by atoms with Gasteiger partial charge in [-0.15, -0.1) is 0 Å². The Balaban J connectivity index is -0.000000312. The van der Waals surface area contributed by atoms with Gasteiger partial charge in [0.05, 0.1) is 0 Å². The molecule has 2 saturated carbocycles. The summed E-state index contributed by atoms with van der Waals surface area (Å²) in [6, 6.07) is 0. The van der Waals surface area contributed by atoms with Gasteiger partial charge in [-0.05, 0) is 59.2 Å². The van der Waals surface area contributed by atoms with E-state index >= 15 is 0 Å². The molecule has 0 aromatic heterocycles. The molecule has 2 rings (SSSR count). The zero-order valence-electron chi connectivity index (χ0n) is 17.2. The van der Waals surface area contributed by atoms with Crippen LogP contribution in [-0.2, 0) is 30.9 Å². The van der Waals surface area contributed by atoms with Gasteiger partial charge in [0, 0.05) is 49.5 Å². The van der Waals surface area contributed by atoms with E-state index in [2.05, 4.69) is 99.2 Å². The maximum atomic E-state index is 7.50. The van der Waals surface area contributed by atoms with Crippen LogP contribution in [0.2, 0.25) is 0 Å². The second kappa shape index (κ2) is 15.3. The Morgan fingerprint density at radius 2 is 0.440 bits per heavy atom. The molecule has 0 spiro atoms. The fourth-order valence-corrected chi connectivity index (χ4v) is 2.81. The summed E-state index contributed by atoms with van der Waals surface area (Å²) >= 11 is 7.33. The summed E-state index contributed by atoms with van der Waals surface area (Å²) in [6.07, 6.45) is 0. The fraction of sp³-hybridized carbons (Fsp3) is 0.476. The zero-order valence-corrected chi connectivity index (χ0v) is 21.3. The monoisotopic (exact) mass is 452 g/mol. The van der Waals surface area contributed by atoms with Crippen molar-refractivity contribution in [1.82, 2.24) is 0 Å². The molecule has 0 bridgehead atoms. The van der Waals surface area contributed by atoms with Crippen molar-refractivity contribution in [2.24, 2.45) is 0 Å². The van der Waals surface area contributed by atoms with Crippen LogP contribution in [0.5, 0.6) is 0 Å². The first-order chi connectivity index (χ1) is 11.1. The van der Waals surface area contributed by atoms with Crippen molar-refractivity contribution < 1.29 is 30.9 Å². The first kappa shape index (κ1) is 31.0. The average molecular weight is 454 g/mol. The second-order valence-corrected chi connectivity index (χ2v) is 6.25. The fourth-order valence-electron chi connectivity index (χ4n) is 2.81. The summed E-state index contributed by atoms with van der Waals surface area (Å²) in [5.41, 5.74) is 0. The summed E-state index contributed by atoms with van der Waals surface area (Å²) in [7, 11) is 0. The molecule has 0 aromatic rings. The maximum absolute atomic E-state index is 7.50. The molecule has 0 N–H and O–H groups in total. The van der Waals surface area contributed by atoms with E-state index in [0.717, 1.165) is 0 Å². The smallest absolute Gasteiger partial charge is 0 e. The standard InChI is InChI=1S/2C10H15.CO.S2.Zr/c2*1-6-7(2)9(4)10(5)8(6)3;2*1-2;/h2*1-5H3;;;. The van der Waals surface area contributed by atoms with E-state index in [1.807, 2.05) is 0 Å². The Labute approximate surface area is 188 Å². The van der Waals surface area contributed by atoms with Gasteiger partial charge < -0.3 is 0 Å². The molecule has 2 fully saturated rings. The molecule has 2 aliphatic rings. The van der Waals surface area contributed by atoms with Crippen LogP contribution in [-0.4, -0.2) is 0 Å². The Morgan fingerprint density at radius 1 is 0.400 bits per heavy atom. The third-order valence-electron chi connectivity index (χ3n) is 5.62. The summed E-state index contributed by atoms with van der Waals surface area (Å²) in [4.78, 5) is 0. The SMILES string of the molecule is C[C]1[C](C)[C](C)[C](C)[C]1C.C[C]1[C](C)[C](C)[C](C)[C]1C.[C-]#[O+].[S][S].[Zr]. The zero-order chi connectivity index (χ0) is 19.8. The van der Waals surface area contributed by atoms with Crippen LogP contribution < -0.4 is 0 Å². The van der Waals surface area contributed by atoms with Crippen molar-refractivity contribution in [1.29, 1.82) is 0 Å². The molecule has 0 heterocycles. The molecular weight excluding hydrogens is 424 g/mol. The van der Waals surface area contributed by atoms with Gasteiger partial charge in [-0.1, -0.05) is 69.2 Å². The van der Waals surface area contributed by atoms with Crippen LogP contribution in [0.25, 0.3) is 0 Å². The summed E-state index contributed by atoms with van der Waals surface area (Å²) in [5, 5.41) is 0. The molecule has 25 heavy (non-hydrogen) atoms. The van der Waals surface area contributed by atoms with Crippen molar-refractivity contribution in [3.05, 3.63) is 65.8 Å². The second-order valence-electron chi connectivity index (χ2n) is 6.25. The molecule has 0 unspecified atom stereocenters. The van der Waals surface area contributed by atoms with E-state index in [9.17, 15) is 0 Å². The quantitative estimate of drug-likeness (QED) is 0.210. The minimum Gasteiger partial charge on any atom is 0 e. The minimum absolute atomic E-state index is 0. The van der Waals surface area contributed by atoms with Crippen LogP contribution in [0.4, 0.5) is 0 Å². The third-order valence-corrected chi connectivity index (χ3v) is 5.62. The van der Waals surface area contributed by atoms with Gasteiger partial charge >= 0.3 is 11.3 Å². The van der Waals surface area contributed by atoms with Crippen molar-refractivity contribution in [2.45, 2.75) is 69.2 Å². The Kier molecular flexibility index (Phi) is 19.0. The molecule has 12 radical (unpaired) electrons. The van der Waals surface area contributed by atoms with Crippen LogP contribution in [0.3, 0.4) is 0 Å². The van der Waals surface area contributed by atoms with Crippen LogP contribution in [0.15, 0.2) is 0 Å². The molecule has 0 atom stereocenters.